The van der Waals surface area contributed by atoms with Crippen molar-refractivity contribution in [1.82, 2.24) is 24.5 Å². The van der Waals surface area contributed by atoms with E-state index in [0.29, 0.717) is 66.6 Å². The third kappa shape index (κ3) is 11.4. The Bertz CT molecular complexity index is 1850. The number of carbonyl (C=O) groups excluding carboxylic acids is 1. The third-order valence-electron chi connectivity index (χ3n) is 10.4. The van der Waals surface area contributed by atoms with Gasteiger partial charge in [-0.15, -0.1) is 0 Å². The van der Waals surface area contributed by atoms with Gasteiger partial charge in [0.1, 0.15) is 30.6 Å². The Labute approximate surface area is 343 Å². The molecule has 1 N–H and O–H groups in total. The molecular formula is C41H63F3N6O6Si2. The maximum atomic E-state index is 13.5. The Hall–Kier alpha value is -3.52. The summed E-state index contributed by atoms with van der Waals surface area (Å²) < 4.78 is 66.7. The second kappa shape index (κ2) is 18.0. The zero-order valence-corrected chi connectivity index (χ0v) is 37.9. The van der Waals surface area contributed by atoms with Crippen LogP contribution >= 0.6 is 0 Å². The number of halogens is 3. The Morgan fingerprint density at radius 3 is 2.05 bits per heavy atom. The van der Waals surface area contributed by atoms with Gasteiger partial charge in [0.2, 0.25) is 0 Å². The maximum Gasteiger partial charge on any atom is 0.420 e. The molecule has 3 aromatic heterocycles. The van der Waals surface area contributed by atoms with Crippen LogP contribution in [0.3, 0.4) is 0 Å². The second-order valence-corrected chi connectivity index (χ2v) is 30.2. The highest BCUT2D eigenvalue weighted by Crippen LogP contribution is 2.47. The number of aromatic nitrogens is 4. The van der Waals surface area contributed by atoms with Crippen LogP contribution in [0.25, 0.3) is 22.5 Å². The molecule has 1 amide bonds. The first-order chi connectivity index (χ1) is 27.0. The third-order valence-corrected chi connectivity index (χ3v) is 13.9. The number of aliphatic hydroxyl groups excluding tert-OH is 1. The van der Waals surface area contributed by atoms with Gasteiger partial charge in [-0.3, -0.25) is 4.98 Å². The van der Waals surface area contributed by atoms with Gasteiger partial charge in [0.15, 0.2) is 11.8 Å². The quantitative estimate of drug-likeness (QED) is 0.0608. The minimum absolute atomic E-state index is 0.0691. The maximum absolute atomic E-state index is 13.5. The topological polar surface area (TPSA) is 124 Å². The standard InChI is InChI=1S/C41H63F3N6O6Si2/c1-12-55-27(2)34-35(29-21-30-14-15-31(22-29)49(30)39(52)56-40(3,4)5)47-37-32(28-13-16-33(45-23-28)36(51)41(42,43)44)24-46-50(37)38(34)48(25-53-17-19-57(6,7)8)26-54-18-20-58(9,10)11/h13,16,23-24,29-31,36,51H,2,12,14-15,17-22,25-26H2,1,3-11H3/t29-,30+,31-,36?. The molecule has 2 aliphatic rings. The van der Waals surface area contributed by atoms with Gasteiger partial charge in [0.25, 0.3) is 0 Å². The molecule has 0 aliphatic carbocycles. The van der Waals surface area contributed by atoms with E-state index in [0.717, 1.165) is 30.6 Å². The van der Waals surface area contributed by atoms with Gasteiger partial charge in [-0.1, -0.05) is 51.9 Å². The van der Waals surface area contributed by atoms with Crippen LogP contribution in [0.5, 0.6) is 0 Å². The number of ether oxygens (including phenoxy) is 4. The molecule has 58 heavy (non-hydrogen) atoms. The van der Waals surface area contributed by atoms with E-state index in [9.17, 15) is 23.1 Å². The number of rotatable bonds is 17. The van der Waals surface area contributed by atoms with Crippen LogP contribution in [0.2, 0.25) is 51.4 Å². The van der Waals surface area contributed by atoms with Crippen molar-refractivity contribution in [3.8, 4) is 11.1 Å². The van der Waals surface area contributed by atoms with E-state index in [1.807, 2.05) is 37.5 Å². The molecule has 1 unspecified atom stereocenters. The highest BCUT2D eigenvalue weighted by Gasteiger charge is 2.47. The number of alkyl halides is 3. The first-order valence-corrected chi connectivity index (χ1v) is 27.8. The Morgan fingerprint density at radius 2 is 1.57 bits per heavy atom. The van der Waals surface area contributed by atoms with Crippen molar-refractivity contribution in [3.05, 3.63) is 48.1 Å². The number of nitrogens with zero attached hydrogens (tertiary/aromatic N) is 6. The lowest BCUT2D eigenvalue weighted by Gasteiger charge is -2.40. The van der Waals surface area contributed by atoms with Gasteiger partial charge in [0, 0.05) is 64.7 Å². The molecule has 3 aromatic rings. The number of amides is 1. The Balaban J connectivity index is 1.67. The number of anilines is 1. The Kier molecular flexibility index (Phi) is 14.1. The number of pyridine rings is 1. The van der Waals surface area contributed by atoms with Gasteiger partial charge in [-0.25, -0.2) is 9.78 Å². The monoisotopic (exact) mass is 848 g/mol. The minimum Gasteiger partial charge on any atom is -0.494 e. The molecule has 2 bridgehead atoms. The molecule has 2 fully saturated rings. The molecular weight excluding hydrogens is 786 g/mol. The molecule has 0 saturated carbocycles. The smallest absolute Gasteiger partial charge is 0.420 e. The summed E-state index contributed by atoms with van der Waals surface area (Å²) >= 11 is 0. The summed E-state index contributed by atoms with van der Waals surface area (Å²) in [5.41, 5.74) is 1.67. The SMILES string of the molecule is C=C(OCC)c1c([C@H]2C[C@H]3CC[C@@H](C2)N3C(=O)OC(C)(C)C)nc2c(-c3ccc(C(O)C(F)(F)F)nc3)cnn2c1N(COCC[Si](C)(C)C)COCC[Si](C)(C)C. The first kappa shape index (κ1) is 45.6. The van der Waals surface area contributed by atoms with E-state index in [1.54, 1.807) is 10.7 Å². The zero-order chi connectivity index (χ0) is 42.8. The number of hydrogen-bond acceptors (Lipinski definition) is 10. The summed E-state index contributed by atoms with van der Waals surface area (Å²) in [5.74, 6) is 0.881. The number of piperidine rings is 1. The molecule has 12 nitrogen and oxygen atoms in total. The average molecular weight is 849 g/mol. The lowest BCUT2D eigenvalue weighted by atomic mass is 9.85. The van der Waals surface area contributed by atoms with Crippen LogP contribution in [-0.4, -0.2) is 109 Å². The van der Waals surface area contributed by atoms with Gasteiger partial charge >= 0.3 is 12.3 Å². The number of fused-ring (bicyclic) bond motifs is 3. The van der Waals surface area contributed by atoms with Crippen LogP contribution in [0.4, 0.5) is 23.8 Å². The van der Waals surface area contributed by atoms with Gasteiger partial charge < -0.3 is 33.9 Å². The molecule has 0 radical (unpaired) electrons. The number of hydrogen-bond donors (Lipinski definition) is 1. The summed E-state index contributed by atoms with van der Waals surface area (Å²) in [6, 6.07) is 4.44. The number of carbonyl (C=O) groups is 1. The number of aliphatic hydroxyl groups is 1. The molecule has 5 rings (SSSR count). The predicted molar refractivity (Wildman–Crippen MR) is 225 cm³/mol. The van der Waals surface area contributed by atoms with Crippen molar-refractivity contribution in [3.63, 3.8) is 0 Å². The summed E-state index contributed by atoms with van der Waals surface area (Å²) in [5, 5.41) is 14.7. The van der Waals surface area contributed by atoms with Crippen LogP contribution in [-0.2, 0) is 18.9 Å². The molecule has 4 atom stereocenters. The fourth-order valence-corrected chi connectivity index (χ4v) is 8.99. The van der Waals surface area contributed by atoms with Crippen molar-refractivity contribution in [1.29, 1.82) is 0 Å². The van der Waals surface area contributed by atoms with Gasteiger partial charge in [-0.2, -0.15) is 22.8 Å². The summed E-state index contributed by atoms with van der Waals surface area (Å²) in [6.45, 7) is 27.5. The average Bonchev–Trinajstić information content (AvgIpc) is 3.65. The zero-order valence-electron chi connectivity index (χ0n) is 35.9. The van der Waals surface area contributed by atoms with E-state index in [4.69, 9.17) is 29.0 Å². The lowest BCUT2D eigenvalue weighted by Crippen LogP contribution is -2.48. The van der Waals surface area contributed by atoms with Crippen molar-refractivity contribution >= 4 is 39.5 Å². The summed E-state index contributed by atoms with van der Waals surface area (Å²) in [4.78, 5) is 26.7. The molecule has 0 spiro atoms. The van der Waals surface area contributed by atoms with Crippen LogP contribution in [0, 0.1) is 0 Å². The normalized spacial score (nSPS) is 19.4. The molecule has 5 heterocycles. The fraction of sp³-hybridized carbons (Fsp3) is 0.659. The highest BCUT2D eigenvalue weighted by atomic mass is 28.3. The molecule has 322 valence electrons. The van der Waals surface area contributed by atoms with Crippen molar-refractivity contribution in [2.45, 2.75) is 141 Å². The minimum atomic E-state index is -4.86. The lowest BCUT2D eigenvalue weighted by molar-refractivity contribution is -0.207. The van der Waals surface area contributed by atoms with Gasteiger partial charge in [0.05, 0.1) is 29.8 Å². The van der Waals surface area contributed by atoms with E-state index < -0.39 is 39.7 Å². The Morgan fingerprint density at radius 1 is 0.983 bits per heavy atom. The molecule has 2 aliphatic heterocycles. The van der Waals surface area contributed by atoms with Crippen molar-refractivity contribution in [2.24, 2.45) is 0 Å². The van der Waals surface area contributed by atoms with E-state index in [-0.39, 0.29) is 37.6 Å². The fourth-order valence-electron chi connectivity index (χ4n) is 7.47. The predicted octanol–water partition coefficient (Wildman–Crippen LogP) is 9.47. The molecule has 2 saturated heterocycles. The van der Waals surface area contributed by atoms with E-state index in [1.165, 1.54) is 18.3 Å². The van der Waals surface area contributed by atoms with Crippen LogP contribution in [0.1, 0.15) is 82.4 Å². The van der Waals surface area contributed by atoms with Crippen molar-refractivity contribution in [2.75, 3.05) is 38.2 Å². The summed E-state index contributed by atoms with van der Waals surface area (Å²) in [7, 11) is -2.84. The van der Waals surface area contributed by atoms with Crippen LogP contribution in [0.15, 0.2) is 31.1 Å². The largest absolute Gasteiger partial charge is 0.494 e. The van der Waals surface area contributed by atoms with Gasteiger partial charge in [-0.05, 0) is 71.5 Å². The van der Waals surface area contributed by atoms with Crippen molar-refractivity contribution < 1.29 is 42.0 Å². The molecule has 17 heteroatoms. The van der Waals surface area contributed by atoms with E-state index in [2.05, 4.69) is 50.8 Å². The van der Waals surface area contributed by atoms with E-state index >= 15 is 0 Å². The molecule has 0 aromatic carbocycles. The first-order valence-electron chi connectivity index (χ1n) is 20.3. The van der Waals surface area contributed by atoms with Crippen LogP contribution < -0.4 is 4.90 Å². The second-order valence-electron chi connectivity index (χ2n) is 18.9. The summed E-state index contributed by atoms with van der Waals surface area (Å²) in [6.07, 6.45) is -2.07. The highest BCUT2D eigenvalue weighted by molar-refractivity contribution is 6.76.